The summed E-state index contributed by atoms with van der Waals surface area (Å²) in [4.78, 5) is 15.2. The van der Waals surface area contributed by atoms with Gasteiger partial charge in [0.1, 0.15) is 6.61 Å². The van der Waals surface area contributed by atoms with Gasteiger partial charge in [0, 0.05) is 32.7 Å². The first-order chi connectivity index (χ1) is 9.94. The molecule has 0 spiro atoms. The molecular formula is C14H17F3N2O2. The van der Waals surface area contributed by atoms with Crippen molar-refractivity contribution in [3.63, 3.8) is 0 Å². The Balaban J connectivity index is 1.74. The number of carbonyl (C=O) groups is 1. The summed E-state index contributed by atoms with van der Waals surface area (Å²) in [6.07, 6.45) is -4.76. The summed E-state index contributed by atoms with van der Waals surface area (Å²) < 4.78 is 39.2. The van der Waals surface area contributed by atoms with Crippen LogP contribution >= 0.6 is 0 Å². The van der Waals surface area contributed by atoms with Crippen LogP contribution < -0.4 is 0 Å². The van der Waals surface area contributed by atoms with Crippen molar-refractivity contribution in [3.05, 3.63) is 35.9 Å². The number of piperazine rings is 1. The Bertz CT molecular complexity index is 457. The van der Waals surface area contributed by atoms with Gasteiger partial charge in [-0.3, -0.25) is 14.4 Å². The molecule has 1 fully saturated rings. The molecule has 0 aliphatic carbocycles. The Labute approximate surface area is 121 Å². The van der Waals surface area contributed by atoms with Crippen molar-refractivity contribution < 1.29 is 22.7 Å². The summed E-state index contributed by atoms with van der Waals surface area (Å²) in [5.41, 5.74) is 1.18. The van der Waals surface area contributed by atoms with Gasteiger partial charge in [0.05, 0.1) is 0 Å². The average molecular weight is 302 g/mol. The van der Waals surface area contributed by atoms with E-state index in [0.29, 0.717) is 26.2 Å². The second-order valence-electron chi connectivity index (χ2n) is 4.88. The van der Waals surface area contributed by atoms with Crippen LogP contribution in [0.5, 0.6) is 0 Å². The van der Waals surface area contributed by atoms with Crippen molar-refractivity contribution >= 4 is 5.91 Å². The van der Waals surface area contributed by atoms with Crippen molar-refractivity contribution in [1.29, 1.82) is 0 Å². The molecular weight excluding hydrogens is 285 g/mol. The molecule has 0 saturated carbocycles. The standard InChI is InChI=1S/C14H17F3N2O2/c15-14(16,17)21-11-13(20)19-8-6-18(7-9-19)10-12-4-2-1-3-5-12/h1-5H,6-11H2. The third-order valence-electron chi connectivity index (χ3n) is 3.33. The van der Waals surface area contributed by atoms with E-state index in [1.165, 1.54) is 10.5 Å². The number of amides is 1. The molecule has 0 atom stereocenters. The highest BCUT2D eigenvalue weighted by atomic mass is 19.4. The minimum Gasteiger partial charge on any atom is -0.338 e. The summed E-state index contributed by atoms with van der Waals surface area (Å²) in [5.74, 6) is -0.619. The lowest BCUT2D eigenvalue weighted by Crippen LogP contribution is -2.49. The highest BCUT2D eigenvalue weighted by molar-refractivity contribution is 5.77. The van der Waals surface area contributed by atoms with Gasteiger partial charge in [-0.1, -0.05) is 30.3 Å². The summed E-state index contributed by atoms with van der Waals surface area (Å²) in [5, 5.41) is 0. The van der Waals surface area contributed by atoms with Crippen LogP contribution in [0.3, 0.4) is 0 Å². The van der Waals surface area contributed by atoms with Crippen LogP contribution in [0.1, 0.15) is 5.56 Å². The van der Waals surface area contributed by atoms with E-state index in [1.54, 1.807) is 0 Å². The van der Waals surface area contributed by atoms with E-state index in [2.05, 4.69) is 9.64 Å². The molecule has 0 unspecified atom stereocenters. The molecule has 1 aromatic carbocycles. The SMILES string of the molecule is O=C(COC(F)(F)F)N1CCN(Cc2ccccc2)CC1. The van der Waals surface area contributed by atoms with Gasteiger partial charge in [0.2, 0.25) is 5.91 Å². The maximum absolute atomic E-state index is 11.9. The van der Waals surface area contributed by atoms with E-state index < -0.39 is 18.9 Å². The predicted molar refractivity (Wildman–Crippen MR) is 70.3 cm³/mol. The smallest absolute Gasteiger partial charge is 0.338 e. The molecule has 0 bridgehead atoms. The third kappa shape index (κ3) is 5.35. The van der Waals surface area contributed by atoms with Crippen molar-refractivity contribution in [3.8, 4) is 0 Å². The van der Waals surface area contributed by atoms with Gasteiger partial charge in [-0.2, -0.15) is 0 Å². The molecule has 7 heteroatoms. The predicted octanol–water partition coefficient (Wildman–Crippen LogP) is 1.87. The molecule has 0 radical (unpaired) electrons. The Morgan fingerprint density at radius 2 is 1.71 bits per heavy atom. The van der Waals surface area contributed by atoms with Gasteiger partial charge >= 0.3 is 6.36 Å². The molecule has 0 N–H and O–H groups in total. The lowest BCUT2D eigenvalue weighted by molar-refractivity contribution is -0.321. The fourth-order valence-electron chi connectivity index (χ4n) is 2.23. The summed E-state index contributed by atoms with van der Waals surface area (Å²) in [7, 11) is 0. The number of hydrogen-bond acceptors (Lipinski definition) is 3. The molecule has 1 aliphatic heterocycles. The molecule has 21 heavy (non-hydrogen) atoms. The van der Waals surface area contributed by atoms with Crippen LogP contribution in [0.2, 0.25) is 0 Å². The van der Waals surface area contributed by atoms with Gasteiger partial charge < -0.3 is 4.90 Å². The number of hydrogen-bond donors (Lipinski definition) is 0. The van der Waals surface area contributed by atoms with Crippen LogP contribution in [0.4, 0.5) is 13.2 Å². The Morgan fingerprint density at radius 3 is 2.29 bits per heavy atom. The monoisotopic (exact) mass is 302 g/mol. The Kier molecular flexibility index (Phi) is 5.19. The van der Waals surface area contributed by atoms with Crippen LogP contribution in [0, 0.1) is 0 Å². The molecule has 1 amide bonds. The normalized spacial score (nSPS) is 17.0. The van der Waals surface area contributed by atoms with Gasteiger partial charge in [-0.25, -0.2) is 0 Å². The van der Waals surface area contributed by atoms with Gasteiger partial charge in [0.15, 0.2) is 0 Å². The van der Waals surface area contributed by atoms with Crippen LogP contribution in [0.25, 0.3) is 0 Å². The first-order valence-electron chi connectivity index (χ1n) is 6.69. The summed E-state index contributed by atoms with van der Waals surface area (Å²) >= 11 is 0. The van der Waals surface area contributed by atoms with Gasteiger partial charge in [-0.05, 0) is 5.56 Å². The highest BCUT2D eigenvalue weighted by Gasteiger charge is 2.31. The first kappa shape index (κ1) is 15.8. The topological polar surface area (TPSA) is 32.8 Å². The Hall–Kier alpha value is -1.60. The van der Waals surface area contributed by atoms with Crippen molar-refractivity contribution in [2.75, 3.05) is 32.8 Å². The van der Waals surface area contributed by atoms with E-state index in [4.69, 9.17) is 0 Å². The largest absolute Gasteiger partial charge is 0.523 e. The number of carbonyl (C=O) groups excluding carboxylic acids is 1. The van der Waals surface area contributed by atoms with Crippen molar-refractivity contribution in [2.45, 2.75) is 12.9 Å². The first-order valence-corrected chi connectivity index (χ1v) is 6.69. The van der Waals surface area contributed by atoms with E-state index in [1.807, 2.05) is 30.3 Å². The van der Waals surface area contributed by atoms with E-state index in [0.717, 1.165) is 6.54 Å². The molecule has 2 rings (SSSR count). The number of ether oxygens (including phenoxy) is 1. The zero-order valence-corrected chi connectivity index (χ0v) is 11.5. The second kappa shape index (κ2) is 6.91. The maximum Gasteiger partial charge on any atom is 0.523 e. The number of benzene rings is 1. The Morgan fingerprint density at radius 1 is 1.10 bits per heavy atom. The van der Waals surface area contributed by atoms with Crippen molar-refractivity contribution in [1.82, 2.24) is 9.80 Å². The van der Waals surface area contributed by atoms with Gasteiger partial charge in [-0.15, -0.1) is 13.2 Å². The number of nitrogens with zero attached hydrogens (tertiary/aromatic N) is 2. The van der Waals surface area contributed by atoms with E-state index in [-0.39, 0.29) is 0 Å². The lowest BCUT2D eigenvalue weighted by Gasteiger charge is -2.34. The molecule has 0 aromatic heterocycles. The summed E-state index contributed by atoms with van der Waals surface area (Å²) in [6, 6.07) is 9.91. The molecule has 1 heterocycles. The fraction of sp³-hybridized carbons (Fsp3) is 0.500. The number of alkyl halides is 3. The fourth-order valence-corrected chi connectivity index (χ4v) is 2.23. The van der Waals surface area contributed by atoms with Crippen LogP contribution in [-0.4, -0.2) is 54.9 Å². The second-order valence-corrected chi connectivity index (χ2v) is 4.88. The van der Waals surface area contributed by atoms with Crippen molar-refractivity contribution in [2.24, 2.45) is 0 Å². The molecule has 1 aliphatic rings. The zero-order chi connectivity index (χ0) is 15.3. The third-order valence-corrected chi connectivity index (χ3v) is 3.33. The molecule has 1 aromatic rings. The van der Waals surface area contributed by atoms with Crippen LogP contribution in [0.15, 0.2) is 30.3 Å². The van der Waals surface area contributed by atoms with Crippen LogP contribution in [-0.2, 0) is 16.1 Å². The molecule has 4 nitrogen and oxygen atoms in total. The molecule has 1 saturated heterocycles. The van der Waals surface area contributed by atoms with Gasteiger partial charge in [0.25, 0.3) is 0 Å². The minimum absolute atomic E-state index is 0.423. The zero-order valence-electron chi connectivity index (χ0n) is 11.5. The quantitative estimate of drug-likeness (QED) is 0.851. The molecule has 116 valence electrons. The minimum atomic E-state index is -4.76. The maximum atomic E-state index is 11.9. The highest BCUT2D eigenvalue weighted by Crippen LogP contribution is 2.16. The lowest BCUT2D eigenvalue weighted by atomic mass is 10.2. The van der Waals surface area contributed by atoms with E-state index in [9.17, 15) is 18.0 Å². The summed E-state index contributed by atoms with van der Waals surface area (Å²) in [6.45, 7) is 1.98. The number of halogens is 3. The average Bonchev–Trinajstić information content (AvgIpc) is 2.46. The number of rotatable bonds is 4. The van der Waals surface area contributed by atoms with E-state index >= 15 is 0 Å².